The lowest BCUT2D eigenvalue weighted by atomic mass is 10.1. The third-order valence-electron chi connectivity index (χ3n) is 6.58. The van der Waals surface area contributed by atoms with E-state index in [-0.39, 0.29) is 11.8 Å². The van der Waals surface area contributed by atoms with Crippen LogP contribution in [0.15, 0.2) is 25.3 Å². The van der Waals surface area contributed by atoms with Gasteiger partial charge < -0.3 is 14.7 Å². The molecule has 0 unspecified atom stereocenters. The highest BCUT2D eigenvalue weighted by atomic mass is 16.2. The molecule has 0 aliphatic rings. The minimum atomic E-state index is 0.244. The van der Waals surface area contributed by atoms with Crippen molar-refractivity contribution in [3.05, 3.63) is 25.3 Å². The van der Waals surface area contributed by atoms with Crippen molar-refractivity contribution in [1.29, 1.82) is 0 Å². The van der Waals surface area contributed by atoms with Gasteiger partial charge in [0, 0.05) is 53.1 Å². The summed E-state index contributed by atoms with van der Waals surface area (Å²) >= 11 is 0. The van der Waals surface area contributed by atoms with Crippen LogP contribution < -0.4 is 0 Å². The highest BCUT2D eigenvalue weighted by Gasteiger charge is 2.12. The minimum absolute atomic E-state index is 0.244. The molecule has 2 amide bonds. The smallest absolute Gasteiger partial charge is 0.222 e. The van der Waals surface area contributed by atoms with Crippen LogP contribution in [0.25, 0.3) is 0 Å². The van der Waals surface area contributed by atoms with Crippen molar-refractivity contribution in [3.8, 4) is 0 Å². The lowest BCUT2D eigenvalue weighted by Crippen LogP contribution is -2.39. The number of hydrogen-bond acceptors (Lipinski definition) is 3. The molecule has 0 aromatic carbocycles. The fraction of sp³-hybridized carbons (Fsp3) is 0.793. The van der Waals surface area contributed by atoms with Gasteiger partial charge in [0.05, 0.1) is 0 Å². The second kappa shape index (κ2) is 23.1. The highest BCUT2D eigenvalue weighted by molar-refractivity contribution is 5.76. The van der Waals surface area contributed by atoms with Crippen molar-refractivity contribution in [3.63, 3.8) is 0 Å². The molecule has 0 saturated heterocycles. The summed E-state index contributed by atoms with van der Waals surface area (Å²) in [6.45, 7) is 10.7. The summed E-state index contributed by atoms with van der Waals surface area (Å²) in [5.41, 5.74) is 0. The second-order valence-corrected chi connectivity index (χ2v) is 9.83. The lowest BCUT2D eigenvalue weighted by Gasteiger charge is -2.25. The average molecular weight is 478 g/mol. The number of rotatable bonds is 24. The number of carbonyl (C=O) groups is 2. The zero-order valence-electron chi connectivity index (χ0n) is 22.9. The van der Waals surface area contributed by atoms with Crippen molar-refractivity contribution < 1.29 is 9.59 Å². The molecule has 0 bridgehead atoms. The van der Waals surface area contributed by atoms with Gasteiger partial charge in [0.1, 0.15) is 0 Å². The molecule has 0 saturated carbocycles. The van der Waals surface area contributed by atoms with Gasteiger partial charge in [-0.25, -0.2) is 0 Å². The number of allylic oxidation sites excluding steroid dienone is 2. The number of carbonyl (C=O) groups excluding carboxylic acids is 2. The third-order valence-corrected chi connectivity index (χ3v) is 6.58. The zero-order valence-corrected chi connectivity index (χ0v) is 22.9. The van der Waals surface area contributed by atoms with Crippen LogP contribution >= 0.6 is 0 Å². The summed E-state index contributed by atoms with van der Waals surface area (Å²) in [5, 5.41) is 0. The van der Waals surface area contributed by atoms with Crippen molar-refractivity contribution in [2.75, 3.05) is 47.3 Å². The van der Waals surface area contributed by atoms with Crippen LogP contribution in [0.2, 0.25) is 0 Å². The van der Waals surface area contributed by atoms with E-state index < -0.39 is 0 Å². The number of unbranched alkanes of at least 4 members (excludes halogenated alkanes) is 12. The van der Waals surface area contributed by atoms with Crippen LogP contribution in [0.3, 0.4) is 0 Å². The Morgan fingerprint density at radius 3 is 1.21 bits per heavy atom. The van der Waals surface area contributed by atoms with Gasteiger partial charge in [0.25, 0.3) is 0 Å². The fourth-order valence-corrected chi connectivity index (χ4v) is 3.93. The summed E-state index contributed by atoms with van der Waals surface area (Å²) < 4.78 is 0. The van der Waals surface area contributed by atoms with Crippen LogP contribution in [0.4, 0.5) is 0 Å². The Labute approximate surface area is 211 Å². The molecule has 0 spiro atoms. The van der Waals surface area contributed by atoms with Gasteiger partial charge in [-0.1, -0.05) is 63.5 Å². The van der Waals surface area contributed by atoms with Crippen LogP contribution in [-0.2, 0) is 9.59 Å². The van der Waals surface area contributed by atoms with Crippen LogP contribution in [0.5, 0.6) is 0 Å². The van der Waals surface area contributed by atoms with Gasteiger partial charge in [-0.2, -0.15) is 0 Å². The number of likely N-dealkylation sites (N-methyl/N-ethyl adjacent to an activating group) is 3. The van der Waals surface area contributed by atoms with Gasteiger partial charge in [0.2, 0.25) is 11.8 Å². The minimum Gasteiger partial charge on any atom is -0.344 e. The van der Waals surface area contributed by atoms with Gasteiger partial charge in [-0.3, -0.25) is 9.59 Å². The summed E-state index contributed by atoms with van der Waals surface area (Å²) in [6, 6.07) is 0. The van der Waals surface area contributed by atoms with E-state index in [1.54, 1.807) is 0 Å². The highest BCUT2D eigenvalue weighted by Crippen LogP contribution is 2.11. The van der Waals surface area contributed by atoms with Crippen molar-refractivity contribution in [2.45, 2.75) is 103 Å². The first-order valence-corrected chi connectivity index (χ1v) is 13.8. The average Bonchev–Trinajstić information content (AvgIpc) is 2.83. The molecule has 0 radical (unpaired) electrons. The predicted octanol–water partition coefficient (Wildman–Crippen LogP) is 6.45. The van der Waals surface area contributed by atoms with Gasteiger partial charge in [0.15, 0.2) is 0 Å². The summed E-state index contributed by atoms with van der Waals surface area (Å²) in [5.74, 6) is 0.487. The molecule has 198 valence electrons. The largest absolute Gasteiger partial charge is 0.344 e. The molecular formula is C29H55N3O2. The Morgan fingerprint density at radius 1 is 0.529 bits per heavy atom. The van der Waals surface area contributed by atoms with E-state index in [2.05, 4.69) is 25.1 Å². The predicted molar refractivity (Wildman–Crippen MR) is 147 cm³/mol. The molecular weight excluding hydrogens is 422 g/mol. The summed E-state index contributed by atoms with van der Waals surface area (Å²) in [4.78, 5) is 30.6. The molecule has 0 N–H and O–H groups in total. The van der Waals surface area contributed by atoms with E-state index in [1.165, 1.54) is 51.4 Å². The topological polar surface area (TPSA) is 43.9 Å². The molecule has 0 aromatic heterocycles. The Hall–Kier alpha value is -1.62. The van der Waals surface area contributed by atoms with Crippen molar-refractivity contribution in [2.24, 2.45) is 0 Å². The summed E-state index contributed by atoms with van der Waals surface area (Å²) in [6.07, 6.45) is 21.7. The maximum atomic E-state index is 12.3. The monoisotopic (exact) mass is 477 g/mol. The van der Waals surface area contributed by atoms with Crippen LogP contribution in [0, 0.1) is 0 Å². The molecule has 5 nitrogen and oxygen atoms in total. The normalized spacial score (nSPS) is 10.9. The molecule has 34 heavy (non-hydrogen) atoms. The quantitative estimate of drug-likeness (QED) is 0.119. The second-order valence-electron chi connectivity index (χ2n) is 9.83. The van der Waals surface area contributed by atoms with E-state index >= 15 is 0 Å². The lowest BCUT2D eigenvalue weighted by molar-refractivity contribution is -0.130. The Morgan fingerprint density at radius 2 is 0.853 bits per heavy atom. The first-order valence-electron chi connectivity index (χ1n) is 13.8. The Kier molecular flexibility index (Phi) is 22.0. The van der Waals surface area contributed by atoms with E-state index in [0.29, 0.717) is 12.8 Å². The number of amides is 2. The van der Waals surface area contributed by atoms with E-state index in [1.807, 2.05) is 36.0 Å². The van der Waals surface area contributed by atoms with E-state index in [9.17, 15) is 9.59 Å². The third kappa shape index (κ3) is 19.8. The fourth-order valence-electron chi connectivity index (χ4n) is 3.93. The molecule has 0 aromatic rings. The zero-order chi connectivity index (χ0) is 25.4. The SMILES string of the molecule is C=CCCCCCCCCC(=O)N(C)CCN(C)CCN(C)C(=O)CCCCCCCCC=C. The Balaban J connectivity index is 3.75. The number of hydrogen-bond donors (Lipinski definition) is 0. The molecule has 0 heterocycles. The van der Waals surface area contributed by atoms with Crippen LogP contribution in [-0.4, -0.2) is 73.8 Å². The summed E-state index contributed by atoms with van der Waals surface area (Å²) in [7, 11) is 5.87. The van der Waals surface area contributed by atoms with Gasteiger partial charge in [-0.15, -0.1) is 13.2 Å². The molecule has 0 fully saturated rings. The van der Waals surface area contributed by atoms with Gasteiger partial charge in [-0.05, 0) is 45.6 Å². The molecule has 0 aliphatic carbocycles. The first-order chi connectivity index (χ1) is 16.4. The van der Waals surface area contributed by atoms with Crippen LogP contribution in [0.1, 0.15) is 103 Å². The standard InChI is InChI=1S/C29H55N3O2/c1-6-8-10-12-14-16-18-20-22-28(33)31(4)26-24-30(3)25-27-32(5)29(34)23-21-19-17-15-13-11-9-7-2/h6-7H,1-2,8-27H2,3-5H3. The first kappa shape index (κ1) is 32.4. The maximum Gasteiger partial charge on any atom is 0.222 e. The van der Waals surface area contributed by atoms with Gasteiger partial charge >= 0.3 is 0 Å². The molecule has 0 rings (SSSR count). The van der Waals surface area contributed by atoms with Crippen molar-refractivity contribution >= 4 is 11.8 Å². The van der Waals surface area contributed by atoms with Crippen molar-refractivity contribution in [1.82, 2.24) is 14.7 Å². The molecule has 0 atom stereocenters. The van der Waals surface area contributed by atoms with E-state index in [4.69, 9.17) is 0 Å². The number of nitrogens with zero attached hydrogens (tertiary/aromatic N) is 3. The maximum absolute atomic E-state index is 12.3. The van der Waals surface area contributed by atoms with E-state index in [0.717, 1.165) is 64.7 Å². The Bertz CT molecular complexity index is 489. The molecule has 0 aliphatic heterocycles. The molecule has 5 heteroatoms.